The van der Waals surface area contributed by atoms with Crippen molar-refractivity contribution in [3.05, 3.63) is 65.7 Å². The van der Waals surface area contributed by atoms with Gasteiger partial charge >= 0.3 is 6.03 Å². The maximum absolute atomic E-state index is 14.5. The van der Waals surface area contributed by atoms with Crippen molar-refractivity contribution in [1.82, 2.24) is 19.6 Å². The van der Waals surface area contributed by atoms with E-state index in [-0.39, 0.29) is 48.5 Å². The third kappa shape index (κ3) is 4.84. The molecule has 0 radical (unpaired) electrons. The Kier molecular flexibility index (Phi) is 7.76. The first-order valence-electron chi connectivity index (χ1n) is 16.0. The highest BCUT2D eigenvalue weighted by Crippen LogP contribution is 2.55. The number of carbonyl (C=O) groups is 3. The van der Waals surface area contributed by atoms with Gasteiger partial charge in [-0.1, -0.05) is 36.4 Å². The Labute approximate surface area is 268 Å². The zero-order valence-electron chi connectivity index (χ0n) is 26.6. The molecule has 1 spiro atoms. The number of carbonyl (C=O) groups excluding carboxylic acids is 3. The molecule has 7 rings (SSSR count). The average Bonchev–Trinajstić information content (AvgIpc) is 3.65. The van der Waals surface area contributed by atoms with Crippen LogP contribution in [-0.4, -0.2) is 122 Å². The van der Waals surface area contributed by atoms with Gasteiger partial charge in [-0.25, -0.2) is 4.79 Å². The summed E-state index contributed by atoms with van der Waals surface area (Å²) < 4.78 is 10.6. The lowest BCUT2D eigenvalue weighted by atomic mass is 9.87. The normalized spacial score (nSPS) is 24.5. The van der Waals surface area contributed by atoms with Crippen molar-refractivity contribution in [2.24, 2.45) is 5.92 Å². The third-order valence-corrected chi connectivity index (χ3v) is 10.3. The Morgan fingerprint density at radius 3 is 2.52 bits per heavy atom. The van der Waals surface area contributed by atoms with Gasteiger partial charge < -0.3 is 29.3 Å². The highest BCUT2D eigenvalue weighted by Gasteiger charge is 2.70. The fourth-order valence-corrected chi connectivity index (χ4v) is 8.04. The highest BCUT2D eigenvalue weighted by molar-refractivity contribution is 6.09. The molecule has 0 saturated carbocycles. The third-order valence-electron chi connectivity index (χ3n) is 10.3. The van der Waals surface area contributed by atoms with Gasteiger partial charge in [0.2, 0.25) is 5.91 Å². The number of ether oxygens (including phenoxy) is 2. The van der Waals surface area contributed by atoms with Crippen LogP contribution in [0, 0.1) is 5.92 Å². The molecule has 4 saturated heterocycles. The predicted molar refractivity (Wildman–Crippen MR) is 173 cm³/mol. The number of benzene rings is 3. The number of fused-ring (bicyclic) bond motifs is 1. The van der Waals surface area contributed by atoms with E-state index in [4.69, 9.17) is 9.47 Å². The highest BCUT2D eigenvalue weighted by atomic mass is 16.5. The summed E-state index contributed by atoms with van der Waals surface area (Å²) in [4.78, 5) is 51.9. The molecule has 0 aliphatic carbocycles. The van der Waals surface area contributed by atoms with E-state index in [2.05, 4.69) is 34.1 Å². The molecule has 1 unspecified atom stereocenters. The maximum Gasteiger partial charge on any atom is 0.328 e. The van der Waals surface area contributed by atoms with E-state index in [0.29, 0.717) is 50.6 Å². The zero-order chi connectivity index (χ0) is 32.2. The Morgan fingerprint density at radius 1 is 1.04 bits per heavy atom. The minimum absolute atomic E-state index is 0.0290. The van der Waals surface area contributed by atoms with Crippen molar-refractivity contribution in [2.75, 3.05) is 78.6 Å². The molecule has 4 aliphatic rings. The fourth-order valence-electron chi connectivity index (χ4n) is 8.04. The molecule has 11 nitrogen and oxygen atoms in total. The predicted octanol–water partition coefficient (Wildman–Crippen LogP) is 3.10. The summed E-state index contributed by atoms with van der Waals surface area (Å²) in [6, 6.07) is 16.8. The van der Waals surface area contributed by atoms with Crippen LogP contribution in [0.2, 0.25) is 0 Å². The number of likely N-dealkylation sites (tertiary alicyclic amines) is 1. The first-order valence-corrected chi connectivity index (χ1v) is 16.0. The van der Waals surface area contributed by atoms with Gasteiger partial charge in [-0.2, -0.15) is 0 Å². The van der Waals surface area contributed by atoms with E-state index in [1.54, 1.807) is 17.0 Å². The van der Waals surface area contributed by atoms with Crippen molar-refractivity contribution in [3.8, 4) is 11.5 Å². The lowest BCUT2D eigenvalue weighted by molar-refractivity contribution is -0.134. The first kappa shape index (κ1) is 30.3. The van der Waals surface area contributed by atoms with Crippen molar-refractivity contribution in [3.63, 3.8) is 0 Å². The number of methoxy groups -OCH3 is 1. The number of urea groups is 1. The van der Waals surface area contributed by atoms with E-state index >= 15 is 0 Å². The number of phenolic OH excluding ortho intramolecular Hbond substituents is 1. The van der Waals surface area contributed by atoms with Gasteiger partial charge in [-0.3, -0.25) is 19.4 Å². The molecule has 4 heterocycles. The largest absolute Gasteiger partial charge is 0.504 e. The Hall–Kier alpha value is -4.35. The van der Waals surface area contributed by atoms with Crippen molar-refractivity contribution in [1.29, 1.82) is 0 Å². The number of hydrogen-bond donors (Lipinski definition) is 1. The molecule has 3 aromatic rings. The van der Waals surface area contributed by atoms with Gasteiger partial charge in [0.1, 0.15) is 5.54 Å². The Balaban J connectivity index is 1.22. The lowest BCUT2D eigenvalue weighted by Crippen LogP contribution is -2.52. The maximum atomic E-state index is 14.5. The summed E-state index contributed by atoms with van der Waals surface area (Å²) in [5, 5.41) is 12.4. The van der Waals surface area contributed by atoms with Crippen LogP contribution in [0.15, 0.2) is 54.6 Å². The summed E-state index contributed by atoms with van der Waals surface area (Å²) in [5.74, 6) is -0.241. The van der Waals surface area contributed by atoms with Crippen molar-refractivity contribution in [2.45, 2.75) is 24.4 Å². The molecule has 11 heteroatoms. The molecule has 3 atom stereocenters. The zero-order valence-corrected chi connectivity index (χ0v) is 26.6. The number of morpholine rings is 1. The van der Waals surface area contributed by atoms with E-state index in [9.17, 15) is 19.5 Å². The summed E-state index contributed by atoms with van der Waals surface area (Å²) in [6.45, 7) is 4.24. The molecule has 0 aromatic heterocycles. The van der Waals surface area contributed by atoms with E-state index in [0.717, 1.165) is 35.1 Å². The number of imide groups is 1. The number of amides is 4. The molecular weight excluding hydrogens is 586 g/mol. The van der Waals surface area contributed by atoms with Crippen molar-refractivity contribution < 1.29 is 29.0 Å². The van der Waals surface area contributed by atoms with Crippen LogP contribution in [0.25, 0.3) is 10.8 Å². The quantitative estimate of drug-likeness (QED) is 0.380. The first-order chi connectivity index (χ1) is 22.2. The number of phenols is 1. The lowest BCUT2D eigenvalue weighted by Gasteiger charge is -2.32. The molecule has 0 bridgehead atoms. The van der Waals surface area contributed by atoms with Crippen LogP contribution in [-0.2, 0) is 20.7 Å². The molecule has 1 N–H and O–H groups in total. The Morgan fingerprint density at radius 2 is 1.80 bits per heavy atom. The smallest absolute Gasteiger partial charge is 0.328 e. The van der Waals surface area contributed by atoms with Gasteiger partial charge in [0.05, 0.1) is 39.3 Å². The second-order valence-corrected chi connectivity index (χ2v) is 13.0. The molecule has 4 amide bonds. The van der Waals surface area contributed by atoms with Gasteiger partial charge in [0, 0.05) is 63.8 Å². The van der Waals surface area contributed by atoms with E-state index in [1.807, 2.05) is 31.1 Å². The number of hydrogen-bond acceptors (Lipinski definition) is 8. The minimum Gasteiger partial charge on any atom is -0.504 e. The topological polar surface area (TPSA) is 106 Å². The van der Waals surface area contributed by atoms with Crippen LogP contribution in [0.1, 0.15) is 23.6 Å². The monoisotopic (exact) mass is 627 g/mol. The van der Waals surface area contributed by atoms with Crippen LogP contribution in [0.4, 0.5) is 10.5 Å². The van der Waals surface area contributed by atoms with Crippen molar-refractivity contribution >= 4 is 34.3 Å². The molecule has 242 valence electrons. The summed E-state index contributed by atoms with van der Waals surface area (Å²) in [5.41, 5.74) is 1.65. The van der Waals surface area contributed by atoms with Gasteiger partial charge in [-0.15, -0.1) is 0 Å². The summed E-state index contributed by atoms with van der Waals surface area (Å²) in [6.07, 6.45) is 0.663. The number of rotatable bonds is 8. The molecule has 46 heavy (non-hydrogen) atoms. The summed E-state index contributed by atoms with van der Waals surface area (Å²) >= 11 is 0. The molecular formula is C35H41N5O6. The average molecular weight is 628 g/mol. The van der Waals surface area contributed by atoms with Crippen LogP contribution in [0.5, 0.6) is 11.5 Å². The number of aromatic hydroxyl groups is 1. The van der Waals surface area contributed by atoms with Gasteiger partial charge in [0.25, 0.3) is 5.91 Å². The minimum atomic E-state index is -1.12. The van der Waals surface area contributed by atoms with Crippen LogP contribution < -0.4 is 9.64 Å². The molecule has 4 aliphatic heterocycles. The summed E-state index contributed by atoms with van der Waals surface area (Å²) in [7, 11) is 5.51. The SMILES string of the molecule is COc1ccc(CC(=O)N2C[C@@H]3C[C@@H](c4ccc(N(C)C)c5ccccc45)N4C(=O)N(CCN5CCOCC5)C(=O)C34C2)cc1O. The van der Waals surface area contributed by atoms with Crippen LogP contribution in [0.3, 0.4) is 0 Å². The fraction of sp³-hybridized carbons (Fsp3) is 0.457. The van der Waals surface area contributed by atoms with Gasteiger partial charge in [-0.05, 0) is 41.1 Å². The van der Waals surface area contributed by atoms with E-state index < -0.39 is 5.54 Å². The molecule has 3 aromatic carbocycles. The number of anilines is 1. The second-order valence-electron chi connectivity index (χ2n) is 13.0. The standard InChI is InChI=1S/C35H41N5O6/c1-36(2)28-10-9-27(25-6-4-5-7-26(25)28)29-20-24-21-38(32(42)19-23-8-11-31(45-3)30(41)18-23)22-35(24)33(43)39(34(44)40(29)35)13-12-37-14-16-46-17-15-37/h4-11,18,24,29,41H,12-17,19-22H2,1-3H3/t24-,29-,35?/m0/s1. The number of nitrogens with zero attached hydrogens (tertiary/aromatic N) is 5. The van der Waals surface area contributed by atoms with Gasteiger partial charge in [0.15, 0.2) is 11.5 Å². The second kappa shape index (κ2) is 11.8. The van der Waals surface area contributed by atoms with E-state index in [1.165, 1.54) is 18.1 Å². The molecule has 4 fully saturated rings. The Bertz CT molecular complexity index is 1690. The van der Waals surface area contributed by atoms with Crippen LogP contribution >= 0.6 is 0 Å².